The van der Waals surface area contributed by atoms with Crippen molar-refractivity contribution >= 4 is 45.8 Å². The van der Waals surface area contributed by atoms with Gasteiger partial charge in [-0.15, -0.1) is 0 Å². The van der Waals surface area contributed by atoms with Crippen LogP contribution in [0.15, 0.2) is 0 Å². The van der Waals surface area contributed by atoms with Gasteiger partial charge in [-0.1, -0.05) is 0 Å². The zero-order valence-corrected chi connectivity index (χ0v) is 3.96. The van der Waals surface area contributed by atoms with Crippen molar-refractivity contribution in [3.63, 3.8) is 0 Å². The molecule has 0 amide bonds. The Balaban J connectivity index is -0.00000000500. The fourth-order valence-electron chi connectivity index (χ4n) is 0. The van der Waals surface area contributed by atoms with Gasteiger partial charge in [0.15, 0.2) is 17.4 Å². The Labute approximate surface area is 69.3 Å². The van der Waals surface area contributed by atoms with Crippen LogP contribution < -0.4 is 0 Å². The molecule has 0 bridgehead atoms. The third-order valence-corrected chi connectivity index (χ3v) is 0. The standard InChI is InChI=1S/Al.BH2.Mg.Zr.5H/h;1H2;;;;;;;/q;+1;;-1;;;;;. The average Bonchev–Trinajstić information content (AvgIpc) is 1.00. The Morgan fingerprint density at radius 2 is 1.25 bits per heavy atom. The summed E-state index contributed by atoms with van der Waals surface area (Å²) in [6.45, 7) is 0. The van der Waals surface area contributed by atoms with Gasteiger partial charge in [0, 0.05) is 0 Å². The summed E-state index contributed by atoms with van der Waals surface area (Å²) < 4.78 is 0. The first-order valence-corrected chi connectivity index (χ1v) is 2.96. The maximum Gasteiger partial charge on any atom is 0.316 e. The van der Waals surface area contributed by atoms with E-state index in [9.17, 15) is 0 Å². The van der Waals surface area contributed by atoms with Crippen LogP contribution in [0.4, 0.5) is 0 Å². The molecule has 0 spiro atoms. The van der Waals surface area contributed by atoms with Gasteiger partial charge in [-0.2, -0.15) is 0 Å². The first-order chi connectivity index (χ1) is 1.00. The van der Waals surface area contributed by atoms with Gasteiger partial charge in [-0.05, 0) is 0 Å². The summed E-state index contributed by atoms with van der Waals surface area (Å²) in [5.41, 5.74) is 0. The molecule has 0 heterocycles. The predicted octanol–water partition coefficient (Wildman–Crippen LogP) is -3.02. The summed E-state index contributed by atoms with van der Waals surface area (Å²) in [7, 11) is 0. The van der Waals surface area contributed by atoms with Gasteiger partial charge in [-0.25, -0.2) is 0 Å². The third kappa shape index (κ3) is 8.87. The maximum atomic E-state index is 2.09. The van der Waals surface area contributed by atoms with E-state index in [4.69, 9.17) is 0 Å². The molecule has 0 unspecified atom stereocenters. The fourth-order valence-corrected chi connectivity index (χ4v) is 0. The van der Waals surface area contributed by atoms with Gasteiger partial charge >= 0.3 is 52.9 Å². The van der Waals surface area contributed by atoms with Crippen LogP contribution in [-0.4, -0.2) is 45.8 Å². The van der Waals surface area contributed by atoms with Crippen LogP contribution in [0.2, 0.25) is 0 Å². The molecule has 0 saturated heterocycles. The Morgan fingerprint density at radius 3 is 1.25 bits per heavy atom. The second-order valence-electron chi connectivity index (χ2n) is 0. The van der Waals surface area contributed by atoms with Gasteiger partial charge in [0.1, 0.15) is 0 Å². The van der Waals surface area contributed by atoms with E-state index in [1.54, 1.807) is 24.5 Å². The maximum absolute atomic E-state index is 2.09. The van der Waals surface area contributed by atoms with Crippen LogP contribution in [0.3, 0.4) is 0 Å². The van der Waals surface area contributed by atoms with Gasteiger partial charge in [-0.3, -0.25) is 0 Å². The van der Waals surface area contributed by atoms with Crippen molar-refractivity contribution in [2.45, 2.75) is 0 Å². The van der Waals surface area contributed by atoms with E-state index < -0.39 is 0 Å². The summed E-state index contributed by atoms with van der Waals surface area (Å²) in [6, 6.07) is 0. The van der Waals surface area contributed by atoms with Crippen LogP contribution in [0.25, 0.3) is 0 Å². The number of rotatable bonds is 0. The minimum Gasteiger partial charge on any atom is 0.316 e. The minimum atomic E-state index is 0. The summed E-state index contributed by atoms with van der Waals surface area (Å²) in [5.74, 6) is 0. The van der Waals surface area contributed by atoms with Gasteiger partial charge in [0.2, 0.25) is 0 Å². The van der Waals surface area contributed by atoms with Gasteiger partial charge in [0.25, 0.3) is 0 Å². The van der Waals surface area contributed by atoms with Gasteiger partial charge < -0.3 is 0 Å². The van der Waals surface area contributed by atoms with Crippen molar-refractivity contribution in [1.29, 1.82) is 0 Å². The van der Waals surface area contributed by atoms with Crippen molar-refractivity contribution in [1.82, 2.24) is 0 Å². The van der Waals surface area contributed by atoms with Crippen LogP contribution in [-0.2, 0) is 24.5 Å². The summed E-state index contributed by atoms with van der Waals surface area (Å²) in [4.78, 5) is 0. The summed E-state index contributed by atoms with van der Waals surface area (Å²) in [6.07, 6.45) is 0. The first kappa shape index (κ1) is 16.3. The third-order valence-electron chi connectivity index (χ3n) is 0. The van der Waals surface area contributed by atoms with E-state index in [0.717, 1.165) is 0 Å². The van der Waals surface area contributed by atoms with Crippen LogP contribution in [0, 0.1) is 0 Å². The molecule has 0 rings (SSSR count). The first-order valence-electron chi connectivity index (χ1n) is 0.500. The van der Waals surface area contributed by atoms with E-state index >= 15 is 0 Å². The zero-order valence-electron chi connectivity index (χ0n) is 1.50. The van der Waals surface area contributed by atoms with E-state index in [2.05, 4.69) is 5.38 Å². The molecule has 0 aromatic carbocycles. The molecule has 19 valence electrons. The predicted molar refractivity (Wildman–Crippen MR) is 27.0 cm³/mol. The number of hydrogen-bond acceptors (Lipinski definition) is 0. The molecule has 0 N–H and O–H groups in total. The second-order valence-corrected chi connectivity index (χ2v) is 0. The molecule has 0 fully saturated rings. The van der Waals surface area contributed by atoms with Crippen LogP contribution in [0.1, 0.15) is 0 Å². The van der Waals surface area contributed by atoms with Crippen LogP contribution in [0.5, 0.6) is 0 Å². The minimum absolute atomic E-state index is 0. The Kier molecular flexibility index (Phi) is 76.4. The van der Waals surface area contributed by atoms with Crippen molar-refractivity contribution in [3.8, 4) is 0 Å². The molecule has 0 radical (unpaired) electrons. The SMILES string of the molecule is [AlH3].[BH2][Zr].[MgH2]. The molecular formula is H7AlBMgZr. The smallest absolute Gasteiger partial charge is 0.316 e. The molecule has 4 heavy (non-hydrogen) atoms. The monoisotopic (exact) mass is 159 g/mol. The molecule has 0 aromatic rings. The largest absolute Gasteiger partial charge is 0.316 e. The molecule has 0 nitrogen and oxygen atoms in total. The number of hydrogen-bond donors (Lipinski definition) is 0. The molecular weight excluding hydrogens is 153 g/mol. The zero-order chi connectivity index (χ0) is 2.00. The molecule has 0 atom stereocenters. The molecule has 0 saturated carbocycles. The van der Waals surface area contributed by atoms with E-state index in [1.807, 2.05) is 0 Å². The summed E-state index contributed by atoms with van der Waals surface area (Å²) >= 11 is 1.55. The Morgan fingerprint density at radius 1 is 1.25 bits per heavy atom. The molecule has 0 aliphatic heterocycles. The molecule has 0 aliphatic rings. The molecule has 4 heteroatoms. The van der Waals surface area contributed by atoms with E-state index in [1.165, 1.54) is 0 Å². The van der Waals surface area contributed by atoms with E-state index in [-0.39, 0.29) is 40.4 Å². The second kappa shape index (κ2) is 18.7. The quantitative estimate of drug-likeness (QED) is 0.331. The normalized spacial score (nSPS) is 0.750. The van der Waals surface area contributed by atoms with Crippen LogP contribution >= 0.6 is 0 Å². The van der Waals surface area contributed by atoms with Crippen molar-refractivity contribution in [2.75, 3.05) is 0 Å². The topological polar surface area (TPSA) is 0 Å². The van der Waals surface area contributed by atoms with E-state index in [0.29, 0.717) is 0 Å². The van der Waals surface area contributed by atoms with Crippen molar-refractivity contribution in [3.05, 3.63) is 0 Å². The van der Waals surface area contributed by atoms with Crippen molar-refractivity contribution in [2.24, 2.45) is 0 Å². The fraction of sp³-hybridized carbons (Fsp3) is 0. The molecule has 0 aromatic heterocycles. The van der Waals surface area contributed by atoms with Gasteiger partial charge in [0.05, 0.1) is 0 Å². The van der Waals surface area contributed by atoms with Crippen molar-refractivity contribution < 1.29 is 24.5 Å². The molecule has 0 aliphatic carbocycles. The summed E-state index contributed by atoms with van der Waals surface area (Å²) in [5, 5.41) is 2.09. The Bertz CT molecular complexity index is 8.00. The average molecular weight is 160 g/mol. The Hall–Kier alpha value is 2.25.